The van der Waals surface area contributed by atoms with Crippen LogP contribution in [0.15, 0.2) is 24.3 Å². The van der Waals surface area contributed by atoms with Crippen LogP contribution >= 0.6 is 11.6 Å². The van der Waals surface area contributed by atoms with Gasteiger partial charge in [-0.25, -0.2) is 4.79 Å². The Bertz CT molecular complexity index is 509. The number of carbonyl (C=O) groups excluding carboxylic acids is 1. The summed E-state index contributed by atoms with van der Waals surface area (Å²) in [5, 5.41) is 10.3. The van der Waals surface area contributed by atoms with E-state index < -0.39 is 0 Å². The van der Waals surface area contributed by atoms with Crippen LogP contribution in [-0.2, 0) is 6.54 Å². The highest BCUT2D eigenvalue weighted by atomic mass is 35.5. The normalized spacial score (nSPS) is 20.4. The number of halogens is 1. The first kappa shape index (κ1) is 17.1. The lowest BCUT2D eigenvalue weighted by Gasteiger charge is -2.46. The number of hydrogen-bond donors (Lipinski definition) is 3. The van der Waals surface area contributed by atoms with Gasteiger partial charge in [0.15, 0.2) is 0 Å². The van der Waals surface area contributed by atoms with Crippen molar-refractivity contribution in [2.24, 2.45) is 0 Å². The summed E-state index contributed by atoms with van der Waals surface area (Å²) >= 11 is 5.85. The van der Waals surface area contributed by atoms with Crippen LogP contribution in [0, 0.1) is 0 Å². The van der Waals surface area contributed by atoms with E-state index in [4.69, 9.17) is 11.6 Å². The van der Waals surface area contributed by atoms with Gasteiger partial charge in [0, 0.05) is 28.7 Å². The Morgan fingerprint density at radius 3 is 2.27 bits per heavy atom. The zero-order valence-corrected chi connectivity index (χ0v) is 14.6. The van der Waals surface area contributed by atoms with Crippen molar-refractivity contribution in [1.82, 2.24) is 16.0 Å². The molecule has 4 nitrogen and oxygen atoms in total. The van der Waals surface area contributed by atoms with E-state index in [1.54, 1.807) is 0 Å². The number of piperidine rings is 1. The van der Waals surface area contributed by atoms with Crippen LogP contribution in [0.1, 0.15) is 46.1 Å². The second kappa shape index (κ2) is 6.47. The summed E-state index contributed by atoms with van der Waals surface area (Å²) in [5.41, 5.74) is 1.08. The third-order valence-electron chi connectivity index (χ3n) is 3.89. The maximum Gasteiger partial charge on any atom is 0.315 e. The predicted octanol–water partition coefficient (Wildman–Crippen LogP) is 3.45. The maximum absolute atomic E-state index is 12.1. The molecule has 1 fully saturated rings. The zero-order chi connectivity index (χ0) is 16.4. The minimum atomic E-state index is -0.117. The van der Waals surface area contributed by atoms with Crippen LogP contribution < -0.4 is 16.0 Å². The fourth-order valence-electron chi connectivity index (χ4n) is 3.45. The van der Waals surface area contributed by atoms with Crippen LogP contribution in [0.4, 0.5) is 4.79 Å². The van der Waals surface area contributed by atoms with Crippen LogP contribution in [0.2, 0.25) is 5.02 Å². The number of amides is 2. The van der Waals surface area contributed by atoms with Crippen LogP contribution in [0.3, 0.4) is 0 Å². The number of urea groups is 1. The van der Waals surface area contributed by atoms with Crippen molar-refractivity contribution < 1.29 is 4.79 Å². The van der Waals surface area contributed by atoms with E-state index in [1.807, 2.05) is 24.3 Å². The molecular formula is C17H26ClN3O. The van der Waals surface area contributed by atoms with Crippen LogP contribution in [-0.4, -0.2) is 23.2 Å². The summed E-state index contributed by atoms with van der Waals surface area (Å²) < 4.78 is 0. The van der Waals surface area contributed by atoms with Gasteiger partial charge in [0.25, 0.3) is 0 Å². The number of carbonyl (C=O) groups is 1. The molecule has 0 radical (unpaired) electrons. The summed E-state index contributed by atoms with van der Waals surface area (Å²) in [5.74, 6) is 0. The van der Waals surface area contributed by atoms with Crippen LogP contribution in [0.5, 0.6) is 0 Å². The van der Waals surface area contributed by atoms with Crippen molar-refractivity contribution >= 4 is 17.6 Å². The third-order valence-corrected chi connectivity index (χ3v) is 4.14. The summed E-state index contributed by atoms with van der Waals surface area (Å²) in [4.78, 5) is 12.1. The highest BCUT2D eigenvalue weighted by molar-refractivity contribution is 6.30. The molecule has 1 aliphatic heterocycles. The fourth-order valence-corrected chi connectivity index (χ4v) is 3.57. The van der Waals surface area contributed by atoms with E-state index in [9.17, 15) is 4.79 Å². The van der Waals surface area contributed by atoms with Gasteiger partial charge in [-0.1, -0.05) is 23.7 Å². The Hall–Kier alpha value is -1.26. The fraction of sp³-hybridized carbons (Fsp3) is 0.588. The molecule has 0 saturated carbocycles. The van der Waals surface area contributed by atoms with E-state index in [0.717, 1.165) is 18.4 Å². The van der Waals surface area contributed by atoms with E-state index in [1.165, 1.54) is 0 Å². The van der Waals surface area contributed by atoms with Gasteiger partial charge in [0.2, 0.25) is 0 Å². The lowest BCUT2D eigenvalue weighted by atomic mass is 9.80. The maximum atomic E-state index is 12.1. The number of rotatable bonds is 3. The van der Waals surface area contributed by atoms with Gasteiger partial charge in [-0.2, -0.15) is 0 Å². The lowest BCUT2D eigenvalue weighted by Crippen LogP contribution is -2.62. The Kier molecular flexibility index (Phi) is 5.03. The monoisotopic (exact) mass is 323 g/mol. The highest BCUT2D eigenvalue weighted by Gasteiger charge is 2.38. The zero-order valence-electron chi connectivity index (χ0n) is 13.8. The summed E-state index contributed by atoms with van der Waals surface area (Å²) in [6.45, 7) is 9.20. The molecule has 1 heterocycles. The van der Waals surface area contributed by atoms with Crippen molar-refractivity contribution in [2.45, 2.75) is 64.2 Å². The third kappa shape index (κ3) is 5.18. The van der Waals surface area contributed by atoms with Crippen LogP contribution in [0.25, 0.3) is 0 Å². The molecule has 0 aromatic heterocycles. The molecule has 1 aliphatic rings. The molecule has 0 aliphatic carbocycles. The van der Waals surface area contributed by atoms with Gasteiger partial charge in [0.05, 0.1) is 0 Å². The number of benzene rings is 1. The van der Waals surface area contributed by atoms with Gasteiger partial charge in [-0.05, 0) is 58.2 Å². The molecule has 5 heteroatoms. The van der Waals surface area contributed by atoms with Gasteiger partial charge >= 0.3 is 6.03 Å². The molecule has 1 saturated heterocycles. The van der Waals surface area contributed by atoms with Crippen molar-refractivity contribution in [3.05, 3.63) is 34.9 Å². The van der Waals surface area contributed by atoms with E-state index in [-0.39, 0.29) is 23.2 Å². The molecule has 1 aromatic carbocycles. The van der Waals surface area contributed by atoms with E-state index in [2.05, 4.69) is 43.6 Å². The second-order valence-electron chi connectivity index (χ2n) is 7.45. The van der Waals surface area contributed by atoms with Gasteiger partial charge in [0.1, 0.15) is 0 Å². The van der Waals surface area contributed by atoms with Gasteiger partial charge in [-0.15, -0.1) is 0 Å². The number of hydrogen-bond acceptors (Lipinski definition) is 2. The topological polar surface area (TPSA) is 53.2 Å². The molecule has 2 amide bonds. The molecule has 0 spiro atoms. The SMILES string of the molecule is CC1(C)CC(NC(=O)NCc2ccc(Cl)cc2)CC(C)(C)N1. The first-order chi connectivity index (χ1) is 10.2. The first-order valence-corrected chi connectivity index (χ1v) is 8.11. The Balaban J connectivity index is 1.85. The summed E-state index contributed by atoms with van der Waals surface area (Å²) in [6.07, 6.45) is 1.84. The largest absolute Gasteiger partial charge is 0.335 e. The standard InChI is InChI=1S/C17H26ClN3O/c1-16(2)9-14(10-17(3,4)21-16)20-15(22)19-11-12-5-7-13(18)8-6-12/h5-8,14,21H,9-11H2,1-4H3,(H2,19,20,22). The Labute approximate surface area is 138 Å². The smallest absolute Gasteiger partial charge is 0.315 e. The summed E-state index contributed by atoms with van der Waals surface area (Å²) in [7, 11) is 0. The molecule has 1 aromatic rings. The molecule has 0 bridgehead atoms. The molecular weight excluding hydrogens is 298 g/mol. The quantitative estimate of drug-likeness (QED) is 0.798. The van der Waals surface area contributed by atoms with E-state index >= 15 is 0 Å². The number of nitrogens with one attached hydrogen (secondary N) is 3. The van der Waals surface area contributed by atoms with Crippen molar-refractivity contribution in [1.29, 1.82) is 0 Å². The molecule has 0 atom stereocenters. The van der Waals surface area contributed by atoms with Crippen molar-refractivity contribution in [2.75, 3.05) is 0 Å². The van der Waals surface area contributed by atoms with Gasteiger partial charge < -0.3 is 16.0 Å². The van der Waals surface area contributed by atoms with Crippen molar-refractivity contribution in [3.8, 4) is 0 Å². The second-order valence-corrected chi connectivity index (χ2v) is 7.89. The summed E-state index contributed by atoms with van der Waals surface area (Å²) in [6, 6.07) is 7.55. The molecule has 2 rings (SSSR count). The highest BCUT2D eigenvalue weighted by Crippen LogP contribution is 2.28. The average molecular weight is 324 g/mol. The molecule has 22 heavy (non-hydrogen) atoms. The Morgan fingerprint density at radius 1 is 1.18 bits per heavy atom. The first-order valence-electron chi connectivity index (χ1n) is 7.73. The van der Waals surface area contributed by atoms with Crippen molar-refractivity contribution in [3.63, 3.8) is 0 Å². The Morgan fingerprint density at radius 2 is 1.73 bits per heavy atom. The lowest BCUT2D eigenvalue weighted by molar-refractivity contribution is 0.147. The van der Waals surface area contributed by atoms with Gasteiger partial charge in [-0.3, -0.25) is 0 Å². The minimum Gasteiger partial charge on any atom is -0.335 e. The average Bonchev–Trinajstić information content (AvgIpc) is 2.34. The molecule has 122 valence electrons. The van der Waals surface area contributed by atoms with E-state index in [0.29, 0.717) is 11.6 Å². The predicted molar refractivity (Wildman–Crippen MR) is 91.1 cm³/mol. The molecule has 3 N–H and O–H groups in total. The minimum absolute atomic E-state index is 0.0237. The molecule has 0 unspecified atom stereocenters.